The van der Waals surface area contributed by atoms with Crippen molar-refractivity contribution in [3.05, 3.63) is 45.3 Å². The van der Waals surface area contributed by atoms with Gasteiger partial charge in [0.15, 0.2) is 5.13 Å². The number of aryl methyl sites for hydroxylation is 1. The van der Waals surface area contributed by atoms with Crippen LogP contribution >= 0.6 is 11.3 Å². The Labute approximate surface area is 95.2 Å². The summed E-state index contributed by atoms with van der Waals surface area (Å²) in [6, 6.07) is 2.78. The van der Waals surface area contributed by atoms with Crippen LogP contribution in [0.25, 0.3) is 0 Å². The molecule has 0 fully saturated rings. The number of aromatic amines is 1. The molecule has 82 valence electrons. The minimum Gasteiger partial charge on any atom is -0.329 e. The van der Waals surface area contributed by atoms with Gasteiger partial charge < -0.3 is 4.98 Å². The second-order valence-electron chi connectivity index (χ2n) is 3.17. The Kier molecular flexibility index (Phi) is 2.82. The van der Waals surface area contributed by atoms with E-state index >= 15 is 0 Å². The summed E-state index contributed by atoms with van der Waals surface area (Å²) in [4.78, 5) is 30.1. The molecule has 0 saturated carbocycles. The van der Waals surface area contributed by atoms with Crippen LogP contribution in [0.2, 0.25) is 0 Å². The molecule has 5 nitrogen and oxygen atoms in total. The van der Waals surface area contributed by atoms with E-state index in [0.717, 1.165) is 4.88 Å². The molecule has 2 heterocycles. The summed E-state index contributed by atoms with van der Waals surface area (Å²) < 4.78 is 0. The zero-order valence-corrected chi connectivity index (χ0v) is 9.30. The van der Waals surface area contributed by atoms with Gasteiger partial charge in [0.25, 0.3) is 5.91 Å². The van der Waals surface area contributed by atoms with Crippen molar-refractivity contribution in [3.8, 4) is 0 Å². The third kappa shape index (κ3) is 2.34. The average Bonchev–Trinajstić information content (AvgIpc) is 2.64. The Hall–Kier alpha value is -1.95. The van der Waals surface area contributed by atoms with Crippen LogP contribution in [0.4, 0.5) is 5.13 Å². The molecule has 0 saturated heterocycles. The summed E-state index contributed by atoms with van der Waals surface area (Å²) in [7, 11) is 0. The zero-order valence-electron chi connectivity index (χ0n) is 8.48. The number of carbonyl (C=O) groups is 1. The number of pyridine rings is 1. The fraction of sp³-hybridized carbons (Fsp3) is 0.100. The number of hydrogen-bond donors (Lipinski definition) is 2. The molecule has 0 aliphatic rings. The number of hydrogen-bond acceptors (Lipinski definition) is 4. The van der Waals surface area contributed by atoms with Gasteiger partial charge in [-0.3, -0.25) is 14.9 Å². The lowest BCUT2D eigenvalue weighted by Gasteiger charge is -1.99. The molecule has 0 spiro atoms. The van der Waals surface area contributed by atoms with E-state index < -0.39 is 0 Å². The van der Waals surface area contributed by atoms with Gasteiger partial charge in [-0.15, -0.1) is 11.3 Å². The van der Waals surface area contributed by atoms with Gasteiger partial charge in [0.1, 0.15) is 0 Å². The Morgan fingerprint density at radius 3 is 3.00 bits per heavy atom. The number of H-pyrrole nitrogens is 1. The molecule has 2 N–H and O–H groups in total. The van der Waals surface area contributed by atoms with Crippen LogP contribution < -0.4 is 10.9 Å². The Morgan fingerprint density at radius 2 is 2.38 bits per heavy atom. The maximum atomic E-state index is 11.7. The monoisotopic (exact) mass is 235 g/mol. The number of aromatic nitrogens is 2. The van der Waals surface area contributed by atoms with E-state index in [2.05, 4.69) is 15.3 Å². The molecular weight excluding hydrogens is 226 g/mol. The van der Waals surface area contributed by atoms with Crippen molar-refractivity contribution < 1.29 is 4.79 Å². The molecule has 0 aliphatic heterocycles. The van der Waals surface area contributed by atoms with Crippen molar-refractivity contribution in [3.63, 3.8) is 0 Å². The summed E-state index contributed by atoms with van der Waals surface area (Å²) in [6.45, 7) is 1.90. The summed E-state index contributed by atoms with van der Waals surface area (Å²) >= 11 is 1.39. The van der Waals surface area contributed by atoms with Crippen LogP contribution in [0.3, 0.4) is 0 Å². The van der Waals surface area contributed by atoms with Crippen molar-refractivity contribution in [1.82, 2.24) is 9.97 Å². The van der Waals surface area contributed by atoms with Gasteiger partial charge in [-0.2, -0.15) is 0 Å². The Balaban J connectivity index is 2.17. The third-order valence-electron chi connectivity index (χ3n) is 1.88. The largest absolute Gasteiger partial charge is 0.329 e. The molecule has 0 bridgehead atoms. The highest BCUT2D eigenvalue weighted by atomic mass is 32.1. The second-order valence-corrected chi connectivity index (χ2v) is 4.41. The number of nitrogens with one attached hydrogen (secondary N) is 2. The number of rotatable bonds is 2. The molecular formula is C10H9N3O2S. The Morgan fingerprint density at radius 1 is 1.56 bits per heavy atom. The molecule has 2 aromatic rings. The number of thiazole rings is 1. The molecule has 0 aliphatic carbocycles. The topological polar surface area (TPSA) is 74.8 Å². The van der Waals surface area contributed by atoms with Crippen LogP contribution in [0, 0.1) is 6.92 Å². The van der Waals surface area contributed by atoms with Crippen molar-refractivity contribution in [2.45, 2.75) is 6.92 Å². The summed E-state index contributed by atoms with van der Waals surface area (Å²) in [5.74, 6) is -0.333. The average molecular weight is 235 g/mol. The summed E-state index contributed by atoms with van der Waals surface area (Å²) in [5.41, 5.74) is 0.0135. The van der Waals surface area contributed by atoms with Crippen LogP contribution in [0.5, 0.6) is 0 Å². The summed E-state index contributed by atoms with van der Waals surface area (Å²) in [5, 5.41) is 3.15. The fourth-order valence-electron chi connectivity index (χ4n) is 1.17. The zero-order chi connectivity index (χ0) is 11.5. The van der Waals surface area contributed by atoms with E-state index in [9.17, 15) is 9.59 Å². The normalized spacial score (nSPS) is 10.1. The standard InChI is InChI=1S/C10H9N3O2S/c1-6-5-12-10(16-6)13-9(15)7-2-3-11-8(14)4-7/h2-5H,1H3,(H,11,14)(H,12,13,15). The maximum Gasteiger partial charge on any atom is 0.257 e. The molecule has 0 unspecified atom stereocenters. The van der Waals surface area contributed by atoms with Crippen molar-refractivity contribution >= 4 is 22.4 Å². The van der Waals surface area contributed by atoms with Gasteiger partial charge in [-0.1, -0.05) is 0 Å². The SMILES string of the molecule is Cc1cnc(NC(=O)c2cc[nH]c(=O)c2)s1. The molecule has 2 rings (SSSR count). The fourth-order valence-corrected chi connectivity index (χ4v) is 1.83. The molecule has 2 aromatic heterocycles. The maximum absolute atomic E-state index is 11.7. The van der Waals surface area contributed by atoms with Gasteiger partial charge in [0.2, 0.25) is 5.56 Å². The van der Waals surface area contributed by atoms with E-state index in [4.69, 9.17) is 0 Å². The minimum absolute atomic E-state index is 0.303. The predicted molar refractivity (Wildman–Crippen MR) is 61.9 cm³/mol. The lowest BCUT2D eigenvalue weighted by Crippen LogP contribution is -2.15. The van der Waals surface area contributed by atoms with Gasteiger partial charge in [0, 0.05) is 28.9 Å². The van der Waals surface area contributed by atoms with Gasteiger partial charge in [-0.05, 0) is 13.0 Å². The highest BCUT2D eigenvalue weighted by molar-refractivity contribution is 7.15. The number of nitrogens with zero attached hydrogens (tertiary/aromatic N) is 1. The van der Waals surface area contributed by atoms with Crippen LogP contribution in [-0.2, 0) is 0 Å². The first-order chi connectivity index (χ1) is 7.65. The van der Waals surface area contributed by atoms with Crippen molar-refractivity contribution in [2.24, 2.45) is 0 Å². The molecule has 6 heteroatoms. The second kappa shape index (κ2) is 4.28. The first-order valence-electron chi connectivity index (χ1n) is 4.58. The van der Waals surface area contributed by atoms with Crippen LogP contribution in [0.1, 0.15) is 15.2 Å². The summed E-state index contributed by atoms with van der Waals surface area (Å²) in [6.07, 6.45) is 3.11. The van der Waals surface area contributed by atoms with E-state index in [1.807, 2.05) is 6.92 Å². The number of carbonyl (C=O) groups excluding carboxylic acids is 1. The minimum atomic E-state index is -0.333. The predicted octanol–water partition coefficient (Wildman–Crippen LogP) is 1.39. The van der Waals surface area contributed by atoms with Crippen LogP contribution in [-0.4, -0.2) is 15.9 Å². The van der Waals surface area contributed by atoms with Crippen LogP contribution in [0.15, 0.2) is 29.3 Å². The number of anilines is 1. The highest BCUT2D eigenvalue weighted by Crippen LogP contribution is 2.16. The first-order valence-corrected chi connectivity index (χ1v) is 5.39. The molecule has 16 heavy (non-hydrogen) atoms. The van der Waals surface area contributed by atoms with E-state index in [1.165, 1.54) is 29.7 Å². The van der Waals surface area contributed by atoms with Crippen molar-refractivity contribution in [2.75, 3.05) is 5.32 Å². The molecule has 0 radical (unpaired) electrons. The Bertz CT molecular complexity index is 573. The van der Waals surface area contributed by atoms with E-state index in [-0.39, 0.29) is 11.5 Å². The number of amides is 1. The van der Waals surface area contributed by atoms with Gasteiger partial charge >= 0.3 is 0 Å². The highest BCUT2D eigenvalue weighted by Gasteiger charge is 2.08. The van der Waals surface area contributed by atoms with Gasteiger partial charge in [-0.25, -0.2) is 4.98 Å². The van der Waals surface area contributed by atoms with E-state index in [0.29, 0.717) is 10.7 Å². The third-order valence-corrected chi connectivity index (χ3v) is 2.71. The molecule has 1 amide bonds. The first kappa shape index (κ1) is 10.6. The molecule has 0 aromatic carbocycles. The quantitative estimate of drug-likeness (QED) is 0.826. The molecule has 0 atom stereocenters. The lowest BCUT2D eigenvalue weighted by atomic mass is 10.2. The van der Waals surface area contributed by atoms with Gasteiger partial charge in [0.05, 0.1) is 0 Å². The lowest BCUT2D eigenvalue weighted by molar-refractivity contribution is 0.102. The van der Waals surface area contributed by atoms with Crippen molar-refractivity contribution in [1.29, 1.82) is 0 Å². The smallest absolute Gasteiger partial charge is 0.257 e. The van der Waals surface area contributed by atoms with E-state index in [1.54, 1.807) is 6.20 Å².